The summed E-state index contributed by atoms with van der Waals surface area (Å²) in [6.45, 7) is 4.80. The van der Waals surface area contributed by atoms with Gasteiger partial charge in [-0.25, -0.2) is 0 Å². The van der Waals surface area contributed by atoms with Gasteiger partial charge in [0.2, 0.25) is 0 Å². The van der Waals surface area contributed by atoms with Crippen molar-refractivity contribution in [1.82, 2.24) is 9.55 Å². The van der Waals surface area contributed by atoms with Gasteiger partial charge in [-0.15, -0.1) is 11.3 Å². The summed E-state index contributed by atoms with van der Waals surface area (Å²) in [5.41, 5.74) is 1.12. The van der Waals surface area contributed by atoms with E-state index in [1.165, 1.54) is 0 Å². The van der Waals surface area contributed by atoms with Gasteiger partial charge in [0.25, 0.3) is 5.56 Å². The summed E-state index contributed by atoms with van der Waals surface area (Å²) in [6, 6.07) is 12.0. The molecule has 0 aliphatic carbocycles. The average Bonchev–Trinajstić information content (AvgIpc) is 2.88. The molecular formula is C16H16N2OS2. The normalized spacial score (nSPS) is 11.4. The van der Waals surface area contributed by atoms with E-state index in [0.29, 0.717) is 22.6 Å². The maximum absolute atomic E-state index is 12.6. The SMILES string of the molecule is CC(C)Cn1c(=S)[nH]c2sc(-c3ccccc3)cc2c1=O. The van der Waals surface area contributed by atoms with Crippen LogP contribution in [-0.2, 0) is 6.54 Å². The van der Waals surface area contributed by atoms with Crippen LogP contribution in [0.5, 0.6) is 0 Å². The maximum atomic E-state index is 12.6. The molecule has 5 heteroatoms. The van der Waals surface area contributed by atoms with Crippen LogP contribution in [0.25, 0.3) is 20.7 Å². The predicted molar refractivity (Wildman–Crippen MR) is 91.5 cm³/mol. The van der Waals surface area contributed by atoms with Crippen molar-refractivity contribution in [3.8, 4) is 10.4 Å². The third kappa shape index (κ3) is 2.71. The Hall–Kier alpha value is -1.72. The van der Waals surface area contributed by atoms with E-state index in [0.717, 1.165) is 15.3 Å². The second kappa shape index (κ2) is 5.58. The first kappa shape index (κ1) is 14.2. The minimum Gasteiger partial charge on any atom is -0.323 e. The number of H-pyrrole nitrogens is 1. The number of rotatable bonds is 3. The molecule has 1 N–H and O–H groups in total. The Morgan fingerprint density at radius 1 is 1.29 bits per heavy atom. The van der Waals surface area contributed by atoms with Crippen LogP contribution in [0.1, 0.15) is 13.8 Å². The molecule has 0 amide bonds. The molecule has 2 aromatic heterocycles. The average molecular weight is 316 g/mol. The van der Waals surface area contributed by atoms with Gasteiger partial charge >= 0.3 is 0 Å². The van der Waals surface area contributed by atoms with Crippen LogP contribution in [0.15, 0.2) is 41.2 Å². The molecule has 21 heavy (non-hydrogen) atoms. The van der Waals surface area contributed by atoms with Gasteiger partial charge in [0.1, 0.15) is 4.83 Å². The first-order chi connectivity index (χ1) is 10.1. The zero-order valence-electron chi connectivity index (χ0n) is 11.9. The zero-order valence-corrected chi connectivity index (χ0v) is 13.6. The highest BCUT2D eigenvalue weighted by Gasteiger charge is 2.11. The molecule has 3 rings (SSSR count). The summed E-state index contributed by atoms with van der Waals surface area (Å²) in [7, 11) is 0. The minimum atomic E-state index is 0.000816. The van der Waals surface area contributed by atoms with E-state index in [9.17, 15) is 4.79 Å². The standard InChI is InChI=1S/C16H16N2OS2/c1-10(2)9-18-15(19)12-8-13(11-6-4-3-5-7-11)21-14(12)17-16(18)20/h3-8,10H,9H2,1-2H3,(H,17,20). The fraction of sp³-hybridized carbons (Fsp3) is 0.250. The highest BCUT2D eigenvalue weighted by Crippen LogP contribution is 2.30. The summed E-state index contributed by atoms with van der Waals surface area (Å²) in [6.07, 6.45) is 0. The van der Waals surface area contributed by atoms with Gasteiger partial charge in [-0.1, -0.05) is 44.2 Å². The number of aromatic nitrogens is 2. The van der Waals surface area contributed by atoms with Gasteiger partial charge in [-0.05, 0) is 29.8 Å². The third-order valence-electron chi connectivity index (χ3n) is 3.28. The predicted octanol–water partition coefficient (Wildman–Crippen LogP) is 4.44. The Morgan fingerprint density at radius 3 is 2.67 bits per heavy atom. The summed E-state index contributed by atoms with van der Waals surface area (Å²) < 4.78 is 2.16. The highest BCUT2D eigenvalue weighted by atomic mass is 32.1. The van der Waals surface area contributed by atoms with Crippen molar-refractivity contribution in [2.75, 3.05) is 0 Å². The molecule has 3 aromatic rings. The van der Waals surface area contributed by atoms with Gasteiger partial charge < -0.3 is 4.98 Å². The van der Waals surface area contributed by atoms with Gasteiger partial charge in [-0.2, -0.15) is 0 Å². The van der Waals surface area contributed by atoms with E-state index in [-0.39, 0.29) is 5.56 Å². The van der Waals surface area contributed by atoms with Gasteiger partial charge in [-0.3, -0.25) is 9.36 Å². The molecule has 0 aliphatic rings. The number of aromatic amines is 1. The van der Waals surface area contributed by atoms with E-state index >= 15 is 0 Å². The van der Waals surface area contributed by atoms with Crippen LogP contribution in [0, 0.1) is 10.7 Å². The lowest BCUT2D eigenvalue weighted by Crippen LogP contribution is -2.23. The molecule has 0 radical (unpaired) electrons. The van der Waals surface area contributed by atoms with Gasteiger partial charge in [0.05, 0.1) is 5.39 Å². The summed E-state index contributed by atoms with van der Waals surface area (Å²) in [5, 5.41) is 0.716. The topological polar surface area (TPSA) is 37.8 Å². The van der Waals surface area contributed by atoms with Crippen molar-refractivity contribution < 1.29 is 0 Å². The smallest absolute Gasteiger partial charge is 0.263 e. The Bertz CT molecular complexity index is 888. The van der Waals surface area contributed by atoms with Crippen LogP contribution in [0.3, 0.4) is 0 Å². The Balaban J connectivity index is 2.21. The number of fused-ring (bicyclic) bond motifs is 1. The second-order valence-corrected chi connectivity index (χ2v) is 6.90. The first-order valence-corrected chi connectivity index (χ1v) is 8.11. The highest BCUT2D eigenvalue weighted by molar-refractivity contribution is 7.71. The van der Waals surface area contributed by atoms with Gasteiger partial charge in [0, 0.05) is 11.4 Å². The Labute approximate surface area is 131 Å². The lowest BCUT2D eigenvalue weighted by molar-refractivity contribution is 0.504. The number of hydrogen-bond donors (Lipinski definition) is 1. The van der Waals surface area contributed by atoms with Crippen LogP contribution >= 0.6 is 23.6 Å². The summed E-state index contributed by atoms with van der Waals surface area (Å²) in [5.74, 6) is 0.377. The monoisotopic (exact) mass is 316 g/mol. The van der Waals surface area contributed by atoms with Crippen LogP contribution < -0.4 is 5.56 Å². The van der Waals surface area contributed by atoms with Crippen LogP contribution in [-0.4, -0.2) is 9.55 Å². The van der Waals surface area contributed by atoms with E-state index in [1.807, 2.05) is 36.4 Å². The molecule has 0 saturated heterocycles. The van der Waals surface area contributed by atoms with Gasteiger partial charge in [0.15, 0.2) is 4.77 Å². The molecule has 2 heterocycles. The lowest BCUT2D eigenvalue weighted by Gasteiger charge is -2.08. The number of nitrogens with zero attached hydrogens (tertiary/aromatic N) is 1. The van der Waals surface area contributed by atoms with Crippen molar-refractivity contribution in [2.24, 2.45) is 5.92 Å². The van der Waals surface area contributed by atoms with E-state index in [4.69, 9.17) is 12.2 Å². The van der Waals surface area contributed by atoms with Crippen molar-refractivity contribution in [1.29, 1.82) is 0 Å². The quantitative estimate of drug-likeness (QED) is 0.725. The summed E-state index contributed by atoms with van der Waals surface area (Å²) >= 11 is 6.90. The molecule has 0 aliphatic heterocycles. The zero-order chi connectivity index (χ0) is 15.0. The fourth-order valence-corrected chi connectivity index (χ4v) is 3.70. The number of benzene rings is 1. The summed E-state index contributed by atoms with van der Waals surface area (Å²) in [4.78, 5) is 17.7. The number of thiophene rings is 1. The molecule has 0 saturated carbocycles. The lowest BCUT2D eigenvalue weighted by atomic mass is 10.2. The van der Waals surface area contributed by atoms with Crippen molar-refractivity contribution in [3.05, 3.63) is 51.5 Å². The van der Waals surface area contributed by atoms with Crippen LogP contribution in [0.4, 0.5) is 0 Å². The molecule has 0 unspecified atom stereocenters. The molecule has 108 valence electrons. The largest absolute Gasteiger partial charge is 0.323 e. The van der Waals surface area contributed by atoms with E-state index in [2.05, 4.69) is 18.8 Å². The van der Waals surface area contributed by atoms with Crippen molar-refractivity contribution in [3.63, 3.8) is 0 Å². The van der Waals surface area contributed by atoms with E-state index < -0.39 is 0 Å². The minimum absolute atomic E-state index is 0.000816. The molecule has 0 atom stereocenters. The first-order valence-electron chi connectivity index (χ1n) is 6.88. The second-order valence-electron chi connectivity index (χ2n) is 5.46. The van der Waals surface area contributed by atoms with Crippen molar-refractivity contribution in [2.45, 2.75) is 20.4 Å². The molecule has 0 spiro atoms. The molecule has 1 aromatic carbocycles. The van der Waals surface area contributed by atoms with Crippen molar-refractivity contribution >= 4 is 33.8 Å². The van der Waals surface area contributed by atoms with E-state index in [1.54, 1.807) is 15.9 Å². The Kier molecular flexibility index (Phi) is 3.78. The Morgan fingerprint density at radius 2 is 2.00 bits per heavy atom. The number of hydrogen-bond acceptors (Lipinski definition) is 3. The fourth-order valence-electron chi connectivity index (χ4n) is 2.32. The van der Waals surface area contributed by atoms with Crippen LogP contribution in [0.2, 0.25) is 0 Å². The molecule has 0 fully saturated rings. The number of nitrogens with one attached hydrogen (secondary N) is 1. The molecule has 0 bridgehead atoms. The molecular weight excluding hydrogens is 300 g/mol. The third-order valence-corrected chi connectivity index (χ3v) is 4.70. The maximum Gasteiger partial charge on any atom is 0.263 e. The molecule has 3 nitrogen and oxygen atoms in total.